The van der Waals surface area contributed by atoms with Crippen LogP contribution in [0.4, 0.5) is 0 Å². The van der Waals surface area contributed by atoms with Gasteiger partial charge in [-0.05, 0) is 91.4 Å². The molecule has 0 aliphatic rings. The number of phenols is 1. The normalized spacial score (nSPS) is 11.2. The van der Waals surface area contributed by atoms with Gasteiger partial charge in [-0.1, -0.05) is 76.6 Å². The topological polar surface area (TPSA) is 173 Å². The third kappa shape index (κ3) is 14.9. The third-order valence-corrected chi connectivity index (χ3v) is 9.21. The maximum absolute atomic E-state index is 11.7. The Balaban J connectivity index is 0.000000333. The van der Waals surface area contributed by atoms with E-state index in [4.69, 9.17) is 9.47 Å². The second-order valence-electron chi connectivity index (χ2n) is 11.3. The standard InChI is InChI=1S/2C18H22O5S.Ca/c2*1-2-3-4-5-6-14-7-10-17(13-18(14)24(20,21)22)23-16-11-8-15(19)9-12-16;/h2*7-13,19H,2-6H2,1H3,(H,20,21,22);/q;;+2/p-2. The first-order valence-electron chi connectivity index (χ1n) is 15.9. The van der Waals surface area contributed by atoms with Gasteiger partial charge in [0.2, 0.25) is 0 Å². The van der Waals surface area contributed by atoms with Crippen molar-refractivity contribution in [3.8, 4) is 34.5 Å². The molecule has 0 aliphatic heterocycles. The van der Waals surface area contributed by atoms with Gasteiger partial charge in [0, 0.05) is 6.07 Å². The predicted octanol–water partition coefficient (Wildman–Crippen LogP) is 7.75. The van der Waals surface area contributed by atoms with Crippen LogP contribution in [-0.4, -0.2) is 68.8 Å². The summed E-state index contributed by atoms with van der Waals surface area (Å²) in [5.41, 5.74) is 1.11. The minimum absolute atomic E-state index is 0. The summed E-state index contributed by atoms with van der Waals surface area (Å²) in [6.45, 7) is 4.21. The number of aryl methyl sites for hydroxylation is 2. The number of phenolic OH excluding ortho intramolecular Hbond substituents is 1. The molecule has 0 bridgehead atoms. The van der Waals surface area contributed by atoms with Gasteiger partial charge in [-0.25, -0.2) is 8.42 Å². The van der Waals surface area contributed by atoms with Crippen LogP contribution >= 0.6 is 0 Å². The molecule has 2 N–H and O–H groups in total. The Labute approximate surface area is 319 Å². The molecule has 0 aliphatic carbocycles. The van der Waals surface area contributed by atoms with Gasteiger partial charge in [0.25, 0.3) is 10.1 Å². The minimum Gasteiger partial charge on any atom is -0.872 e. The van der Waals surface area contributed by atoms with Crippen molar-refractivity contribution in [3.63, 3.8) is 0 Å². The van der Waals surface area contributed by atoms with E-state index in [0.29, 0.717) is 41.2 Å². The molecule has 4 aromatic rings. The van der Waals surface area contributed by atoms with E-state index in [9.17, 15) is 36.2 Å². The molecule has 0 saturated heterocycles. The van der Waals surface area contributed by atoms with Crippen LogP contribution < -0.4 is 14.6 Å². The molecule has 4 aromatic carbocycles. The monoisotopic (exact) mass is 738 g/mol. The van der Waals surface area contributed by atoms with Gasteiger partial charge in [-0.15, -0.1) is 5.75 Å². The van der Waals surface area contributed by atoms with E-state index < -0.39 is 20.2 Å². The number of hydrogen-bond donors (Lipinski definition) is 2. The molecule has 4 rings (SSSR count). The van der Waals surface area contributed by atoms with Crippen molar-refractivity contribution in [2.45, 2.75) is 87.8 Å². The molecule has 10 nitrogen and oxygen atoms in total. The molecule has 0 saturated carbocycles. The van der Waals surface area contributed by atoms with Crippen LogP contribution in [0.25, 0.3) is 0 Å². The van der Waals surface area contributed by atoms with Gasteiger partial charge in [0.15, 0.2) is 0 Å². The van der Waals surface area contributed by atoms with Crippen molar-refractivity contribution < 1.29 is 45.6 Å². The SMILES string of the molecule is CCCCCCc1ccc(Oc2ccc(O)cc2)cc1S(=O)(=O)O.CCCCCCc1ccc(Oc2ccc([O-])cc2)cc1S(=O)(=O)[O-].[Ca+2]. The first-order valence-corrected chi connectivity index (χ1v) is 18.8. The van der Waals surface area contributed by atoms with E-state index in [2.05, 4.69) is 13.8 Å². The Bertz CT molecular complexity index is 1680. The molecular weight excluding hydrogens is 697 g/mol. The number of hydrogen-bond acceptors (Lipinski definition) is 9. The maximum atomic E-state index is 11.7. The Morgan fingerprint density at radius 1 is 0.592 bits per heavy atom. The van der Waals surface area contributed by atoms with Crippen molar-refractivity contribution in [3.05, 3.63) is 96.1 Å². The quantitative estimate of drug-likeness (QED) is 0.0657. The van der Waals surface area contributed by atoms with Crippen LogP contribution in [0.5, 0.6) is 34.5 Å². The largest absolute Gasteiger partial charge is 2.00 e. The van der Waals surface area contributed by atoms with Gasteiger partial charge in [0.05, 0.1) is 4.90 Å². The summed E-state index contributed by atoms with van der Waals surface area (Å²) in [7, 11) is -8.90. The van der Waals surface area contributed by atoms with Crippen LogP contribution in [0.2, 0.25) is 0 Å². The Hall–Kier alpha value is -2.84. The molecule has 0 aromatic heterocycles. The molecule has 0 unspecified atom stereocenters. The summed E-state index contributed by atoms with van der Waals surface area (Å²) in [6, 6.07) is 21.0. The fourth-order valence-electron chi connectivity index (χ4n) is 4.86. The Morgan fingerprint density at radius 2 is 1.00 bits per heavy atom. The zero-order chi connectivity index (χ0) is 35.2. The van der Waals surface area contributed by atoms with Crippen LogP contribution in [0.15, 0.2) is 94.7 Å². The van der Waals surface area contributed by atoms with Crippen molar-refractivity contribution in [1.82, 2.24) is 0 Å². The van der Waals surface area contributed by atoms with Crippen molar-refractivity contribution in [2.75, 3.05) is 0 Å². The molecule has 0 heterocycles. The van der Waals surface area contributed by atoms with E-state index in [0.717, 1.165) is 51.4 Å². The number of benzene rings is 4. The van der Waals surface area contributed by atoms with E-state index in [-0.39, 0.29) is 64.8 Å². The number of rotatable bonds is 16. The van der Waals surface area contributed by atoms with Crippen LogP contribution in [0.1, 0.15) is 76.3 Å². The number of unbranched alkanes of at least 4 members (excludes halogenated alkanes) is 6. The summed E-state index contributed by atoms with van der Waals surface area (Å²) >= 11 is 0. The molecule has 0 fully saturated rings. The molecule has 0 amide bonds. The molecule has 13 heteroatoms. The Kier molecular flexibility index (Phi) is 17.9. The van der Waals surface area contributed by atoms with Gasteiger partial charge in [-0.3, -0.25) is 4.55 Å². The van der Waals surface area contributed by atoms with Gasteiger partial charge < -0.3 is 24.2 Å². The zero-order valence-corrected chi connectivity index (χ0v) is 31.7. The fourth-order valence-corrected chi connectivity index (χ4v) is 6.38. The predicted molar refractivity (Wildman–Crippen MR) is 186 cm³/mol. The van der Waals surface area contributed by atoms with E-state index in [1.165, 1.54) is 48.5 Å². The average Bonchev–Trinajstić information content (AvgIpc) is 3.04. The molecule has 49 heavy (non-hydrogen) atoms. The first kappa shape index (κ1) is 42.3. The summed E-state index contributed by atoms with van der Waals surface area (Å²) in [5.74, 6) is 1.39. The zero-order valence-electron chi connectivity index (χ0n) is 27.8. The molecule has 0 radical (unpaired) electrons. The van der Waals surface area contributed by atoms with Crippen molar-refractivity contribution >= 4 is 58.0 Å². The van der Waals surface area contributed by atoms with E-state index in [1.54, 1.807) is 36.4 Å². The maximum Gasteiger partial charge on any atom is 2.00 e. The third-order valence-electron chi connectivity index (χ3n) is 7.36. The molecule has 0 atom stereocenters. The summed E-state index contributed by atoms with van der Waals surface area (Å²) in [6.07, 6.45) is 9.22. The molecular formula is C36H42CaO10S2. The molecule has 0 spiro atoms. The smallest absolute Gasteiger partial charge is 0.872 e. The summed E-state index contributed by atoms with van der Waals surface area (Å²) < 4.78 is 78.5. The summed E-state index contributed by atoms with van der Waals surface area (Å²) in [5, 5.41) is 20.3. The second kappa shape index (κ2) is 20.7. The van der Waals surface area contributed by atoms with Crippen molar-refractivity contribution in [2.24, 2.45) is 0 Å². The van der Waals surface area contributed by atoms with Crippen molar-refractivity contribution in [1.29, 1.82) is 0 Å². The van der Waals surface area contributed by atoms with E-state index in [1.807, 2.05) is 0 Å². The van der Waals surface area contributed by atoms with Crippen LogP contribution in [-0.2, 0) is 33.1 Å². The average molecular weight is 739 g/mol. The molecule has 260 valence electrons. The number of ether oxygens (including phenoxy) is 2. The van der Waals surface area contributed by atoms with Gasteiger partial charge in [0.1, 0.15) is 43.8 Å². The number of aromatic hydroxyl groups is 1. The van der Waals surface area contributed by atoms with Gasteiger partial charge >= 0.3 is 37.7 Å². The summed E-state index contributed by atoms with van der Waals surface area (Å²) in [4.78, 5) is -0.354. The van der Waals surface area contributed by atoms with Crippen LogP contribution in [0, 0.1) is 0 Å². The fraction of sp³-hybridized carbons (Fsp3) is 0.333. The minimum atomic E-state index is -4.58. The van der Waals surface area contributed by atoms with Crippen LogP contribution in [0.3, 0.4) is 0 Å². The first-order chi connectivity index (χ1) is 22.8. The Morgan fingerprint density at radius 3 is 1.43 bits per heavy atom. The van der Waals surface area contributed by atoms with E-state index >= 15 is 0 Å². The van der Waals surface area contributed by atoms with Gasteiger partial charge in [-0.2, -0.15) is 8.42 Å². The second-order valence-corrected chi connectivity index (χ2v) is 14.0.